The molecule has 0 aromatic carbocycles. The second kappa shape index (κ2) is 5.07. The first-order valence-corrected chi connectivity index (χ1v) is 6.34. The summed E-state index contributed by atoms with van der Waals surface area (Å²) in [6, 6.07) is 0.259. The molecule has 94 valence electrons. The second-order valence-electron chi connectivity index (χ2n) is 4.69. The van der Waals surface area contributed by atoms with Gasteiger partial charge in [-0.2, -0.15) is 0 Å². The Morgan fingerprint density at radius 1 is 1.65 bits per heavy atom. The molecule has 0 spiro atoms. The highest BCUT2D eigenvalue weighted by molar-refractivity contribution is 5.82. The monoisotopic (exact) mass is 236 g/mol. The second-order valence-corrected chi connectivity index (χ2v) is 4.69. The summed E-state index contributed by atoms with van der Waals surface area (Å²) in [4.78, 5) is 14.6. The van der Waals surface area contributed by atoms with Crippen LogP contribution in [-0.2, 0) is 9.53 Å². The van der Waals surface area contributed by atoms with Gasteiger partial charge in [0.25, 0.3) is 0 Å². The summed E-state index contributed by atoms with van der Waals surface area (Å²) in [5.41, 5.74) is -0.571. The molecule has 2 fully saturated rings. The molecule has 0 bridgehead atoms. The highest BCUT2D eigenvalue weighted by Crippen LogP contribution is 2.36. The van der Waals surface area contributed by atoms with Crippen molar-refractivity contribution in [1.82, 2.24) is 10.2 Å². The summed E-state index contributed by atoms with van der Waals surface area (Å²) in [7, 11) is 0. The molecule has 2 saturated heterocycles. The SMILES string of the molecule is C#CCNC1(C(=O)OCC)CCN2CCCC21. The lowest BCUT2D eigenvalue weighted by molar-refractivity contribution is -0.152. The van der Waals surface area contributed by atoms with Crippen LogP contribution in [0.4, 0.5) is 0 Å². The van der Waals surface area contributed by atoms with Crippen LogP contribution in [0.2, 0.25) is 0 Å². The van der Waals surface area contributed by atoms with E-state index < -0.39 is 5.54 Å². The van der Waals surface area contributed by atoms with Gasteiger partial charge in [0.15, 0.2) is 0 Å². The van der Waals surface area contributed by atoms with Gasteiger partial charge >= 0.3 is 5.97 Å². The molecule has 4 nitrogen and oxygen atoms in total. The van der Waals surface area contributed by atoms with E-state index in [1.807, 2.05) is 6.92 Å². The van der Waals surface area contributed by atoms with Crippen molar-refractivity contribution < 1.29 is 9.53 Å². The van der Waals surface area contributed by atoms with E-state index in [2.05, 4.69) is 16.1 Å². The van der Waals surface area contributed by atoms with E-state index in [-0.39, 0.29) is 12.0 Å². The Morgan fingerprint density at radius 3 is 3.18 bits per heavy atom. The van der Waals surface area contributed by atoms with Gasteiger partial charge in [0.1, 0.15) is 5.54 Å². The molecule has 2 atom stereocenters. The van der Waals surface area contributed by atoms with Crippen LogP contribution in [0.15, 0.2) is 0 Å². The van der Waals surface area contributed by atoms with Gasteiger partial charge in [-0.3, -0.25) is 10.2 Å². The molecule has 1 N–H and O–H groups in total. The molecular weight excluding hydrogens is 216 g/mol. The van der Waals surface area contributed by atoms with Crippen LogP contribution in [0, 0.1) is 12.3 Å². The summed E-state index contributed by atoms with van der Waals surface area (Å²) in [6.45, 7) is 4.73. The van der Waals surface area contributed by atoms with Crippen molar-refractivity contribution in [2.75, 3.05) is 26.2 Å². The number of ether oxygens (including phenoxy) is 1. The molecule has 0 aromatic heterocycles. The van der Waals surface area contributed by atoms with Crippen molar-refractivity contribution >= 4 is 5.97 Å². The number of terminal acetylenes is 1. The summed E-state index contributed by atoms with van der Waals surface area (Å²) in [5.74, 6) is 2.42. The van der Waals surface area contributed by atoms with Gasteiger partial charge in [0, 0.05) is 12.6 Å². The zero-order valence-corrected chi connectivity index (χ0v) is 10.4. The topological polar surface area (TPSA) is 41.6 Å². The summed E-state index contributed by atoms with van der Waals surface area (Å²) < 4.78 is 5.24. The van der Waals surface area contributed by atoms with E-state index >= 15 is 0 Å². The molecule has 2 aliphatic heterocycles. The standard InChI is InChI=1S/C13H20N2O2/c1-3-8-14-13(12(16)17-4-2)7-10-15-9-5-6-11(13)15/h1,11,14H,4-10H2,2H3. The Morgan fingerprint density at radius 2 is 2.47 bits per heavy atom. The number of esters is 1. The van der Waals surface area contributed by atoms with Crippen molar-refractivity contribution in [3.8, 4) is 12.3 Å². The number of nitrogens with one attached hydrogen (secondary N) is 1. The zero-order valence-electron chi connectivity index (χ0n) is 10.4. The lowest BCUT2D eigenvalue weighted by Crippen LogP contribution is -2.59. The van der Waals surface area contributed by atoms with Crippen LogP contribution < -0.4 is 5.32 Å². The average molecular weight is 236 g/mol. The molecule has 0 saturated carbocycles. The van der Waals surface area contributed by atoms with Gasteiger partial charge in [-0.25, -0.2) is 4.79 Å². The predicted molar refractivity (Wildman–Crippen MR) is 65.4 cm³/mol. The van der Waals surface area contributed by atoms with Gasteiger partial charge < -0.3 is 4.74 Å². The summed E-state index contributed by atoms with van der Waals surface area (Å²) >= 11 is 0. The molecule has 0 amide bonds. The van der Waals surface area contributed by atoms with Crippen LogP contribution in [0.1, 0.15) is 26.2 Å². The third kappa shape index (κ3) is 2.05. The molecule has 2 unspecified atom stereocenters. The number of nitrogens with zero attached hydrogens (tertiary/aromatic N) is 1. The predicted octanol–water partition coefficient (Wildman–Crippen LogP) is 0.379. The third-order valence-electron chi connectivity index (χ3n) is 3.87. The molecule has 4 heteroatoms. The highest BCUT2D eigenvalue weighted by atomic mass is 16.5. The van der Waals surface area contributed by atoms with Crippen LogP contribution in [0.3, 0.4) is 0 Å². The van der Waals surface area contributed by atoms with Crippen molar-refractivity contribution in [2.24, 2.45) is 0 Å². The molecular formula is C13H20N2O2. The fourth-order valence-electron chi connectivity index (χ4n) is 3.12. The fraction of sp³-hybridized carbons (Fsp3) is 0.769. The summed E-state index contributed by atoms with van der Waals surface area (Å²) in [5, 5.41) is 3.25. The molecule has 2 heterocycles. The maximum atomic E-state index is 12.2. The Kier molecular flexibility index (Phi) is 3.70. The molecule has 2 aliphatic rings. The van der Waals surface area contributed by atoms with Gasteiger partial charge in [-0.05, 0) is 32.7 Å². The number of hydrogen-bond donors (Lipinski definition) is 1. The molecule has 0 aromatic rings. The first-order chi connectivity index (χ1) is 8.24. The maximum absolute atomic E-state index is 12.2. The van der Waals surface area contributed by atoms with Crippen molar-refractivity contribution in [1.29, 1.82) is 0 Å². The normalized spacial score (nSPS) is 32.1. The molecule has 0 aliphatic carbocycles. The van der Waals surface area contributed by atoms with Crippen molar-refractivity contribution in [3.05, 3.63) is 0 Å². The van der Waals surface area contributed by atoms with Crippen LogP contribution >= 0.6 is 0 Å². The van der Waals surface area contributed by atoms with Crippen LogP contribution in [0.25, 0.3) is 0 Å². The number of hydrogen-bond acceptors (Lipinski definition) is 4. The first-order valence-electron chi connectivity index (χ1n) is 6.34. The zero-order chi connectivity index (χ0) is 12.3. The maximum Gasteiger partial charge on any atom is 0.328 e. The minimum absolute atomic E-state index is 0.135. The van der Waals surface area contributed by atoms with Gasteiger partial charge in [-0.1, -0.05) is 5.92 Å². The van der Waals surface area contributed by atoms with Crippen molar-refractivity contribution in [2.45, 2.75) is 37.8 Å². The smallest absolute Gasteiger partial charge is 0.328 e. The quantitative estimate of drug-likeness (QED) is 0.566. The number of carbonyl (C=O) groups is 1. The van der Waals surface area contributed by atoms with Crippen molar-refractivity contribution in [3.63, 3.8) is 0 Å². The number of rotatable bonds is 4. The fourth-order valence-corrected chi connectivity index (χ4v) is 3.12. The van der Waals surface area contributed by atoms with E-state index in [4.69, 9.17) is 11.2 Å². The Labute approximate surface area is 103 Å². The minimum Gasteiger partial charge on any atom is -0.465 e. The van der Waals surface area contributed by atoms with E-state index in [0.717, 1.165) is 32.4 Å². The van der Waals surface area contributed by atoms with Crippen LogP contribution in [-0.4, -0.2) is 48.7 Å². The molecule has 2 rings (SSSR count). The highest BCUT2D eigenvalue weighted by Gasteiger charge is 2.54. The third-order valence-corrected chi connectivity index (χ3v) is 3.87. The van der Waals surface area contributed by atoms with Gasteiger partial charge in [0.05, 0.1) is 13.2 Å². The first kappa shape index (κ1) is 12.4. The van der Waals surface area contributed by atoms with Gasteiger partial charge in [-0.15, -0.1) is 6.42 Å². The number of fused-ring (bicyclic) bond motifs is 1. The van der Waals surface area contributed by atoms with Gasteiger partial charge in [0.2, 0.25) is 0 Å². The van der Waals surface area contributed by atoms with E-state index in [9.17, 15) is 4.79 Å². The van der Waals surface area contributed by atoms with Crippen LogP contribution in [0.5, 0.6) is 0 Å². The Balaban J connectivity index is 2.18. The molecule has 17 heavy (non-hydrogen) atoms. The van der Waals surface area contributed by atoms with E-state index in [1.165, 1.54) is 0 Å². The Hall–Kier alpha value is -1.05. The summed E-state index contributed by atoms with van der Waals surface area (Å²) in [6.07, 6.45) is 8.31. The molecule has 0 radical (unpaired) electrons. The minimum atomic E-state index is -0.571. The van der Waals surface area contributed by atoms with E-state index in [1.54, 1.807) is 0 Å². The average Bonchev–Trinajstić information content (AvgIpc) is 2.89. The Bertz CT molecular complexity index is 337. The largest absolute Gasteiger partial charge is 0.465 e. The lowest BCUT2D eigenvalue weighted by Gasteiger charge is -2.33. The lowest BCUT2D eigenvalue weighted by atomic mass is 9.88. The van der Waals surface area contributed by atoms with E-state index in [0.29, 0.717) is 13.2 Å². The number of carbonyl (C=O) groups excluding carboxylic acids is 1.